The number of amides is 6. The number of urea groups is 1. The summed E-state index contributed by atoms with van der Waals surface area (Å²) in [5, 5.41) is 14.8. The van der Waals surface area contributed by atoms with Crippen LogP contribution in [0.3, 0.4) is 0 Å². The van der Waals surface area contributed by atoms with Crippen LogP contribution in [0.4, 0.5) is 9.59 Å². The van der Waals surface area contributed by atoms with Crippen molar-refractivity contribution in [3.8, 4) is 0 Å². The van der Waals surface area contributed by atoms with Gasteiger partial charge < -0.3 is 31.7 Å². The number of alkyl carbamates (subject to hydrolysis) is 1. The first-order valence-electron chi connectivity index (χ1n) is 13.5. The Hall–Kier alpha value is -3.38. The number of ether oxygens (including phenoxy) is 1. The molecule has 0 fully saturated rings. The molecule has 6 amide bonds. The molecule has 13 nitrogen and oxygen atoms in total. The molecular weight excluding hydrogens is 506 g/mol. The third kappa shape index (κ3) is 17.7. The van der Waals surface area contributed by atoms with Crippen LogP contribution in [0.25, 0.3) is 0 Å². The first-order valence-corrected chi connectivity index (χ1v) is 13.5. The van der Waals surface area contributed by atoms with Gasteiger partial charge in [0.1, 0.15) is 17.7 Å². The first-order chi connectivity index (χ1) is 18.0. The Kier molecular flexibility index (Phi) is 16.4. The van der Waals surface area contributed by atoms with Gasteiger partial charge >= 0.3 is 12.1 Å². The molecule has 0 aromatic heterocycles. The summed E-state index contributed by atoms with van der Waals surface area (Å²) in [6.45, 7) is 14.7. The number of nitrogens with two attached hydrogens (primary N) is 1. The topological polar surface area (TPSA) is 193 Å². The summed E-state index contributed by atoms with van der Waals surface area (Å²) in [4.78, 5) is 60.8. The summed E-state index contributed by atoms with van der Waals surface area (Å²) >= 11 is 0. The molecule has 0 aliphatic carbocycles. The lowest BCUT2D eigenvalue weighted by atomic mass is 9.96. The maximum atomic E-state index is 13.3. The number of primary amides is 1. The van der Waals surface area contributed by atoms with Gasteiger partial charge in [-0.1, -0.05) is 34.1 Å². The number of hydrogen-bond acceptors (Lipinski definition) is 7. The van der Waals surface area contributed by atoms with Crippen LogP contribution in [0.15, 0.2) is 5.10 Å². The van der Waals surface area contributed by atoms with Gasteiger partial charge in [-0.15, -0.1) is 0 Å². The summed E-state index contributed by atoms with van der Waals surface area (Å²) < 4.78 is 5.20. The van der Waals surface area contributed by atoms with Gasteiger partial charge in [-0.3, -0.25) is 14.4 Å². The zero-order valence-electron chi connectivity index (χ0n) is 24.7. The molecule has 0 radical (unpaired) electrons. The monoisotopic (exact) mass is 555 g/mol. The van der Waals surface area contributed by atoms with E-state index >= 15 is 0 Å². The van der Waals surface area contributed by atoms with Gasteiger partial charge in [-0.05, 0) is 58.3 Å². The van der Waals surface area contributed by atoms with Crippen LogP contribution in [0.1, 0.15) is 87.5 Å². The van der Waals surface area contributed by atoms with E-state index in [0.717, 1.165) is 0 Å². The predicted molar refractivity (Wildman–Crippen MR) is 150 cm³/mol. The quantitative estimate of drug-likeness (QED) is 0.0956. The Morgan fingerprint density at radius 3 is 2.13 bits per heavy atom. The number of nitrogens with one attached hydrogen (secondary N) is 5. The van der Waals surface area contributed by atoms with Gasteiger partial charge in [0.2, 0.25) is 17.7 Å². The molecule has 0 rings (SSSR count). The van der Waals surface area contributed by atoms with Crippen molar-refractivity contribution < 1.29 is 28.7 Å². The van der Waals surface area contributed by atoms with E-state index in [1.54, 1.807) is 20.8 Å². The van der Waals surface area contributed by atoms with Gasteiger partial charge in [0, 0.05) is 19.7 Å². The highest BCUT2D eigenvalue weighted by Crippen LogP contribution is 2.12. The second-order valence-corrected chi connectivity index (χ2v) is 11.0. The molecule has 7 N–H and O–H groups in total. The molecule has 0 spiro atoms. The number of hydrazone groups is 1. The van der Waals surface area contributed by atoms with Gasteiger partial charge in [0.15, 0.2) is 0 Å². The van der Waals surface area contributed by atoms with Crippen molar-refractivity contribution >= 4 is 36.1 Å². The average Bonchev–Trinajstić information content (AvgIpc) is 2.79. The Balaban J connectivity index is 5.35. The molecule has 13 heteroatoms. The van der Waals surface area contributed by atoms with Gasteiger partial charge in [0.05, 0.1) is 6.04 Å². The minimum Gasteiger partial charge on any atom is -0.444 e. The van der Waals surface area contributed by atoms with E-state index < -0.39 is 47.7 Å². The molecule has 0 unspecified atom stereocenters. The molecule has 0 aromatic rings. The van der Waals surface area contributed by atoms with Crippen LogP contribution in [0.2, 0.25) is 0 Å². The number of carbonyl (C=O) groups excluding carboxylic acids is 5. The standard InChI is InChI=1S/C26H49N7O6/c1-9-17(4)21(30-18(5)34)23(36)32-20(14-16(2)3)22(35)31-19(15-29-33-24(27)37)12-10-11-13-28-25(38)39-26(6,7)8/h15-17,19-21H,9-14H2,1-8H3,(H,28,38)(H,30,34)(H,31,35)(H,32,36)(H3,27,33,37)/b29-15+/t17-,19-,20-,21-/m0/s1. The van der Waals surface area contributed by atoms with Crippen molar-refractivity contribution in [3.05, 3.63) is 0 Å². The van der Waals surface area contributed by atoms with Crippen molar-refractivity contribution in [3.63, 3.8) is 0 Å². The summed E-state index contributed by atoms with van der Waals surface area (Å²) in [5.74, 6) is -1.24. The van der Waals surface area contributed by atoms with E-state index in [0.29, 0.717) is 38.6 Å². The van der Waals surface area contributed by atoms with Crippen molar-refractivity contribution in [1.29, 1.82) is 0 Å². The summed E-state index contributed by atoms with van der Waals surface area (Å²) in [7, 11) is 0. The van der Waals surface area contributed by atoms with Crippen LogP contribution >= 0.6 is 0 Å². The molecule has 39 heavy (non-hydrogen) atoms. The molecule has 0 heterocycles. The third-order valence-corrected chi connectivity index (χ3v) is 5.56. The highest BCUT2D eigenvalue weighted by Gasteiger charge is 2.30. The average molecular weight is 556 g/mol. The molecule has 224 valence electrons. The number of unbranched alkanes of at least 4 members (excludes halogenated alkanes) is 1. The summed E-state index contributed by atoms with van der Waals surface area (Å²) in [6.07, 6.45) is 3.52. The van der Waals surface area contributed by atoms with E-state index in [2.05, 4.69) is 31.8 Å². The minimum atomic E-state index is -0.855. The zero-order valence-corrected chi connectivity index (χ0v) is 24.7. The fourth-order valence-electron chi connectivity index (χ4n) is 3.54. The molecule has 4 atom stereocenters. The Labute approximate surface area is 232 Å². The molecule has 0 aliphatic heterocycles. The lowest BCUT2D eigenvalue weighted by Crippen LogP contribution is -2.56. The van der Waals surface area contributed by atoms with Crippen LogP contribution in [0, 0.1) is 11.8 Å². The van der Waals surface area contributed by atoms with Crippen LogP contribution in [-0.2, 0) is 19.1 Å². The van der Waals surface area contributed by atoms with Crippen LogP contribution < -0.4 is 32.4 Å². The molecule has 0 aliphatic rings. The normalized spacial score (nSPS) is 14.6. The smallest absolute Gasteiger partial charge is 0.407 e. The van der Waals surface area contributed by atoms with Crippen molar-refractivity contribution in [2.24, 2.45) is 22.7 Å². The van der Waals surface area contributed by atoms with E-state index in [9.17, 15) is 24.0 Å². The number of nitrogens with zero attached hydrogens (tertiary/aromatic N) is 1. The van der Waals surface area contributed by atoms with E-state index in [4.69, 9.17) is 10.5 Å². The van der Waals surface area contributed by atoms with E-state index in [1.807, 2.05) is 27.7 Å². The molecular formula is C26H49N7O6. The van der Waals surface area contributed by atoms with Crippen molar-refractivity contribution in [2.45, 2.75) is 111 Å². The Morgan fingerprint density at radius 2 is 1.62 bits per heavy atom. The predicted octanol–water partition coefficient (Wildman–Crippen LogP) is 1.90. The lowest BCUT2D eigenvalue weighted by molar-refractivity contribution is -0.133. The Morgan fingerprint density at radius 1 is 0.974 bits per heavy atom. The number of rotatable bonds is 16. The molecule has 0 saturated carbocycles. The van der Waals surface area contributed by atoms with E-state index in [1.165, 1.54) is 13.1 Å². The fourth-order valence-corrected chi connectivity index (χ4v) is 3.54. The first kappa shape index (κ1) is 35.6. The second kappa shape index (κ2) is 18.0. The maximum absolute atomic E-state index is 13.3. The van der Waals surface area contributed by atoms with Crippen molar-refractivity contribution in [2.75, 3.05) is 6.54 Å². The maximum Gasteiger partial charge on any atom is 0.407 e. The van der Waals surface area contributed by atoms with Gasteiger partial charge in [-0.2, -0.15) is 5.10 Å². The Bertz CT molecular complexity index is 841. The van der Waals surface area contributed by atoms with E-state index in [-0.39, 0.29) is 17.7 Å². The zero-order chi connectivity index (χ0) is 30.2. The number of hydrogen-bond donors (Lipinski definition) is 6. The summed E-state index contributed by atoms with van der Waals surface area (Å²) in [6, 6.07) is -3.06. The molecule has 0 saturated heterocycles. The van der Waals surface area contributed by atoms with Crippen molar-refractivity contribution in [1.82, 2.24) is 26.7 Å². The molecule has 0 aromatic carbocycles. The highest BCUT2D eigenvalue weighted by molar-refractivity contribution is 5.92. The van der Waals surface area contributed by atoms with Crippen LogP contribution in [0.5, 0.6) is 0 Å². The summed E-state index contributed by atoms with van der Waals surface area (Å²) in [5.41, 5.74) is 6.58. The second-order valence-electron chi connectivity index (χ2n) is 11.0. The lowest BCUT2D eigenvalue weighted by Gasteiger charge is -2.27. The van der Waals surface area contributed by atoms with Gasteiger partial charge in [0.25, 0.3) is 0 Å². The highest BCUT2D eigenvalue weighted by atomic mass is 16.6. The van der Waals surface area contributed by atoms with Gasteiger partial charge in [-0.25, -0.2) is 15.0 Å². The SMILES string of the molecule is CC[C@H](C)[C@H](NC(C)=O)C(=O)N[C@@H](CC(C)C)C(=O)N[C@H](/C=N/NC(N)=O)CCCCNC(=O)OC(C)(C)C. The molecule has 0 bridgehead atoms. The number of carbonyl (C=O) groups is 5. The largest absolute Gasteiger partial charge is 0.444 e. The minimum absolute atomic E-state index is 0.0893. The van der Waals surface area contributed by atoms with Crippen LogP contribution in [-0.4, -0.2) is 66.3 Å². The fraction of sp³-hybridized carbons (Fsp3) is 0.769. The third-order valence-electron chi connectivity index (χ3n) is 5.56.